The topological polar surface area (TPSA) is 57.3 Å². The lowest BCUT2D eigenvalue weighted by Crippen LogP contribution is -2.50. The lowest BCUT2D eigenvalue weighted by molar-refractivity contribution is -0.115. The number of fused-ring (bicyclic) bond motifs is 1. The summed E-state index contributed by atoms with van der Waals surface area (Å²) < 4.78 is 0. The molecule has 3 aliphatic rings. The molecular formula is C20H32N4OS. The standard InChI is InChI=1S/C20H32N4OS/c1-14(15-6-5-11-24(13-15)16-7-4-8-16)21-12-19(25)23-20-22-17-9-2-3-10-18(17)26-20/h14-16,21H,2-13H2,1H3,(H,22,23,25). The second-order valence-corrected chi connectivity index (χ2v) is 9.38. The number of nitrogens with zero attached hydrogens (tertiary/aromatic N) is 2. The molecule has 1 saturated heterocycles. The molecule has 2 heterocycles. The average molecular weight is 377 g/mol. The minimum absolute atomic E-state index is 0.0367. The number of aryl methyl sites for hydroxylation is 2. The minimum Gasteiger partial charge on any atom is -0.306 e. The maximum Gasteiger partial charge on any atom is 0.240 e. The van der Waals surface area contributed by atoms with Crippen molar-refractivity contribution in [2.24, 2.45) is 5.92 Å². The van der Waals surface area contributed by atoms with E-state index in [1.54, 1.807) is 11.3 Å². The van der Waals surface area contributed by atoms with Gasteiger partial charge in [0.25, 0.3) is 0 Å². The van der Waals surface area contributed by atoms with Gasteiger partial charge in [0.2, 0.25) is 5.91 Å². The third kappa shape index (κ3) is 4.29. The lowest BCUT2D eigenvalue weighted by Gasteiger charge is -2.44. The van der Waals surface area contributed by atoms with Crippen molar-refractivity contribution in [2.75, 3.05) is 25.0 Å². The molecule has 144 valence electrons. The molecule has 0 spiro atoms. The number of carbonyl (C=O) groups is 1. The zero-order valence-electron chi connectivity index (χ0n) is 15.9. The first-order valence-corrected chi connectivity index (χ1v) is 11.3. The molecule has 0 bridgehead atoms. The predicted molar refractivity (Wildman–Crippen MR) is 107 cm³/mol. The molecule has 2 N–H and O–H groups in total. The molecule has 2 unspecified atom stereocenters. The van der Waals surface area contributed by atoms with Crippen molar-refractivity contribution in [3.05, 3.63) is 10.6 Å². The third-order valence-electron chi connectivity index (χ3n) is 6.46. The molecule has 4 rings (SSSR count). The number of likely N-dealkylation sites (tertiary alicyclic amines) is 1. The molecule has 0 aromatic carbocycles. The number of rotatable bonds is 6. The zero-order valence-corrected chi connectivity index (χ0v) is 16.7. The van der Waals surface area contributed by atoms with E-state index in [2.05, 4.69) is 27.4 Å². The summed E-state index contributed by atoms with van der Waals surface area (Å²) in [6, 6.07) is 1.22. The summed E-state index contributed by atoms with van der Waals surface area (Å²) in [6.07, 6.45) is 11.4. The third-order valence-corrected chi connectivity index (χ3v) is 7.54. The number of amides is 1. The van der Waals surface area contributed by atoms with E-state index in [4.69, 9.17) is 0 Å². The Morgan fingerprint density at radius 3 is 2.85 bits per heavy atom. The molecule has 1 aliphatic heterocycles. The van der Waals surface area contributed by atoms with Gasteiger partial charge in [-0.25, -0.2) is 4.98 Å². The SMILES string of the molecule is CC(NCC(=O)Nc1nc2c(s1)CCCC2)C1CCCN(C2CCC2)C1. The van der Waals surface area contributed by atoms with Crippen LogP contribution in [0.4, 0.5) is 5.13 Å². The highest BCUT2D eigenvalue weighted by atomic mass is 32.1. The summed E-state index contributed by atoms with van der Waals surface area (Å²) in [5.74, 6) is 0.693. The minimum atomic E-state index is 0.0367. The predicted octanol–water partition coefficient (Wildman–Crippen LogP) is 3.20. The Hall–Kier alpha value is -0.980. The van der Waals surface area contributed by atoms with Crippen LogP contribution in [0.1, 0.15) is 62.4 Å². The Balaban J connectivity index is 1.22. The summed E-state index contributed by atoms with van der Waals surface area (Å²) in [5, 5.41) is 7.25. The number of anilines is 1. The lowest BCUT2D eigenvalue weighted by atomic mass is 9.85. The quantitative estimate of drug-likeness (QED) is 0.800. The average Bonchev–Trinajstić information content (AvgIpc) is 3.00. The van der Waals surface area contributed by atoms with Crippen LogP contribution in [0.15, 0.2) is 0 Å². The van der Waals surface area contributed by atoms with E-state index in [1.165, 1.54) is 68.6 Å². The maximum absolute atomic E-state index is 12.3. The van der Waals surface area contributed by atoms with Gasteiger partial charge in [-0.2, -0.15) is 0 Å². The Morgan fingerprint density at radius 1 is 1.23 bits per heavy atom. The van der Waals surface area contributed by atoms with E-state index in [0.29, 0.717) is 18.5 Å². The Labute approximate surface area is 160 Å². The van der Waals surface area contributed by atoms with Gasteiger partial charge in [-0.1, -0.05) is 6.42 Å². The molecule has 26 heavy (non-hydrogen) atoms. The van der Waals surface area contributed by atoms with Gasteiger partial charge >= 0.3 is 0 Å². The summed E-state index contributed by atoms with van der Waals surface area (Å²) in [7, 11) is 0. The summed E-state index contributed by atoms with van der Waals surface area (Å²) in [4.78, 5) is 21.0. The van der Waals surface area contributed by atoms with E-state index in [1.807, 2.05) is 0 Å². The van der Waals surface area contributed by atoms with Crippen LogP contribution in [-0.2, 0) is 17.6 Å². The van der Waals surface area contributed by atoms with Crippen LogP contribution in [0, 0.1) is 5.92 Å². The first kappa shape index (κ1) is 18.4. The number of piperidine rings is 1. The molecule has 1 aromatic heterocycles. The molecule has 1 aromatic rings. The van der Waals surface area contributed by atoms with Crippen LogP contribution in [0.5, 0.6) is 0 Å². The van der Waals surface area contributed by atoms with Crippen molar-refractivity contribution >= 4 is 22.4 Å². The van der Waals surface area contributed by atoms with Gasteiger partial charge in [0.1, 0.15) is 0 Å². The molecule has 1 saturated carbocycles. The van der Waals surface area contributed by atoms with Gasteiger partial charge < -0.3 is 15.5 Å². The molecule has 5 nitrogen and oxygen atoms in total. The smallest absolute Gasteiger partial charge is 0.240 e. The van der Waals surface area contributed by atoms with Crippen LogP contribution < -0.4 is 10.6 Å². The molecule has 2 fully saturated rings. The number of aromatic nitrogens is 1. The molecule has 6 heteroatoms. The molecule has 2 aliphatic carbocycles. The maximum atomic E-state index is 12.3. The monoisotopic (exact) mass is 376 g/mol. The highest BCUT2D eigenvalue weighted by molar-refractivity contribution is 7.15. The normalized spacial score (nSPS) is 25.3. The van der Waals surface area contributed by atoms with Crippen molar-refractivity contribution in [3.63, 3.8) is 0 Å². The Morgan fingerprint density at radius 2 is 2.08 bits per heavy atom. The van der Waals surface area contributed by atoms with Crippen molar-refractivity contribution in [1.29, 1.82) is 0 Å². The van der Waals surface area contributed by atoms with E-state index in [9.17, 15) is 4.79 Å². The fourth-order valence-electron chi connectivity index (χ4n) is 4.52. The van der Waals surface area contributed by atoms with Crippen LogP contribution in [0.3, 0.4) is 0 Å². The first-order chi connectivity index (χ1) is 12.7. The van der Waals surface area contributed by atoms with Crippen molar-refractivity contribution in [1.82, 2.24) is 15.2 Å². The van der Waals surface area contributed by atoms with Crippen LogP contribution in [-0.4, -0.2) is 47.5 Å². The van der Waals surface area contributed by atoms with Crippen LogP contribution in [0.2, 0.25) is 0 Å². The van der Waals surface area contributed by atoms with Crippen LogP contribution >= 0.6 is 11.3 Å². The van der Waals surface area contributed by atoms with Gasteiger partial charge in [-0.15, -0.1) is 11.3 Å². The number of nitrogens with one attached hydrogen (secondary N) is 2. The first-order valence-electron chi connectivity index (χ1n) is 10.4. The van der Waals surface area contributed by atoms with Crippen molar-refractivity contribution in [2.45, 2.75) is 76.8 Å². The van der Waals surface area contributed by atoms with Gasteiger partial charge in [-0.05, 0) is 70.8 Å². The second-order valence-electron chi connectivity index (χ2n) is 8.30. The number of hydrogen-bond donors (Lipinski definition) is 2. The molecule has 1 amide bonds. The van der Waals surface area contributed by atoms with E-state index >= 15 is 0 Å². The van der Waals surface area contributed by atoms with Crippen molar-refractivity contribution < 1.29 is 4.79 Å². The van der Waals surface area contributed by atoms with Crippen molar-refractivity contribution in [3.8, 4) is 0 Å². The molecular weight excluding hydrogens is 344 g/mol. The van der Waals surface area contributed by atoms with Crippen LogP contribution in [0.25, 0.3) is 0 Å². The van der Waals surface area contributed by atoms with Gasteiger partial charge in [0, 0.05) is 23.5 Å². The number of carbonyl (C=O) groups excluding carboxylic acids is 1. The second kappa shape index (κ2) is 8.36. The highest BCUT2D eigenvalue weighted by Crippen LogP contribution is 2.31. The zero-order chi connectivity index (χ0) is 17.9. The summed E-state index contributed by atoms with van der Waals surface area (Å²) >= 11 is 1.66. The fourth-order valence-corrected chi connectivity index (χ4v) is 5.59. The number of hydrogen-bond acceptors (Lipinski definition) is 5. The van der Waals surface area contributed by atoms with E-state index < -0.39 is 0 Å². The Bertz CT molecular complexity index is 604. The largest absolute Gasteiger partial charge is 0.306 e. The van der Waals surface area contributed by atoms with Gasteiger partial charge in [-0.3, -0.25) is 4.79 Å². The summed E-state index contributed by atoms with van der Waals surface area (Å²) in [5.41, 5.74) is 1.20. The molecule has 2 atom stereocenters. The highest BCUT2D eigenvalue weighted by Gasteiger charge is 2.31. The van der Waals surface area contributed by atoms with E-state index in [0.717, 1.165) is 24.0 Å². The number of thiazole rings is 1. The van der Waals surface area contributed by atoms with Gasteiger partial charge in [0.15, 0.2) is 5.13 Å². The molecule has 0 radical (unpaired) electrons. The Kier molecular flexibility index (Phi) is 5.91. The fraction of sp³-hybridized carbons (Fsp3) is 0.800. The van der Waals surface area contributed by atoms with Gasteiger partial charge in [0.05, 0.1) is 12.2 Å². The van der Waals surface area contributed by atoms with E-state index in [-0.39, 0.29) is 5.91 Å². The summed E-state index contributed by atoms with van der Waals surface area (Å²) in [6.45, 7) is 5.08.